The Morgan fingerprint density at radius 1 is 1.69 bits per heavy atom. The second kappa shape index (κ2) is 5.29. The third-order valence-electron chi connectivity index (χ3n) is 2.05. The summed E-state index contributed by atoms with van der Waals surface area (Å²) in [4.78, 5) is 21.0. The van der Waals surface area contributed by atoms with E-state index in [1.165, 1.54) is 6.07 Å². The molecular formula is C10H13NO5. The van der Waals surface area contributed by atoms with Crippen molar-refractivity contribution in [2.45, 2.75) is 19.8 Å². The van der Waals surface area contributed by atoms with Gasteiger partial charge < -0.3 is 14.4 Å². The van der Waals surface area contributed by atoms with Gasteiger partial charge in [-0.3, -0.25) is 9.59 Å². The fraction of sp³-hybridized carbons (Fsp3) is 0.500. The van der Waals surface area contributed by atoms with E-state index < -0.39 is 11.9 Å². The van der Waals surface area contributed by atoms with Crippen LogP contribution in [0.3, 0.4) is 0 Å². The second-order valence-corrected chi connectivity index (χ2v) is 3.61. The van der Waals surface area contributed by atoms with Crippen LogP contribution in [-0.2, 0) is 9.59 Å². The summed E-state index contributed by atoms with van der Waals surface area (Å²) in [6, 6.07) is 1.39. The van der Waals surface area contributed by atoms with Gasteiger partial charge in [-0.25, -0.2) is 0 Å². The molecule has 0 radical (unpaired) electrons. The van der Waals surface area contributed by atoms with Crippen LogP contribution < -0.4 is 4.74 Å². The van der Waals surface area contributed by atoms with Gasteiger partial charge in [0.25, 0.3) is 5.88 Å². The van der Waals surface area contributed by atoms with E-state index in [2.05, 4.69) is 5.16 Å². The SMILES string of the molecule is CC(C)C(C(=O)O)c1cc(OCC=O)no1. The molecule has 0 amide bonds. The maximum Gasteiger partial charge on any atom is 0.314 e. The number of carbonyl (C=O) groups is 2. The highest BCUT2D eigenvalue weighted by Crippen LogP contribution is 2.27. The van der Waals surface area contributed by atoms with Crippen LogP contribution in [0.4, 0.5) is 0 Å². The van der Waals surface area contributed by atoms with Crippen LogP contribution in [0.15, 0.2) is 10.6 Å². The molecule has 1 atom stereocenters. The van der Waals surface area contributed by atoms with E-state index in [9.17, 15) is 9.59 Å². The first-order valence-corrected chi connectivity index (χ1v) is 4.82. The normalized spacial score (nSPS) is 12.4. The Morgan fingerprint density at radius 2 is 2.38 bits per heavy atom. The second-order valence-electron chi connectivity index (χ2n) is 3.61. The molecule has 6 heteroatoms. The first-order chi connectivity index (χ1) is 7.56. The van der Waals surface area contributed by atoms with E-state index in [-0.39, 0.29) is 24.2 Å². The van der Waals surface area contributed by atoms with Crippen molar-refractivity contribution in [2.24, 2.45) is 5.92 Å². The summed E-state index contributed by atoms with van der Waals surface area (Å²) in [5.74, 6) is -1.52. The number of rotatable bonds is 6. The Labute approximate surface area is 92.2 Å². The van der Waals surface area contributed by atoms with Crippen molar-refractivity contribution in [1.82, 2.24) is 5.16 Å². The number of aldehydes is 1. The van der Waals surface area contributed by atoms with Gasteiger partial charge in [0.05, 0.1) is 0 Å². The van der Waals surface area contributed by atoms with Crippen LogP contribution in [0.1, 0.15) is 25.5 Å². The molecule has 1 N–H and O–H groups in total. The van der Waals surface area contributed by atoms with E-state index in [4.69, 9.17) is 14.4 Å². The Kier molecular flexibility index (Phi) is 4.04. The van der Waals surface area contributed by atoms with Crippen LogP contribution in [0.25, 0.3) is 0 Å². The molecule has 0 fully saturated rings. The van der Waals surface area contributed by atoms with E-state index in [0.29, 0.717) is 6.29 Å². The quantitative estimate of drug-likeness (QED) is 0.731. The Morgan fingerprint density at radius 3 is 2.88 bits per heavy atom. The van der Waals surface area contributed by atoms with Crippen LogP contribution in [0, 0.1) is 5.92 Å². The summed E-state index contributed by atoms with van der Waals surface area (Å²) in [6.45, 7) is 3.41. The molecule has 0 saturated heterocycles. The molecule has 0 aliphatic heterocycles. The molecule has 1 rings (SSSR count). The molecule has 1 unspecified atom stereocenters. The molecule has 88 valence electrons. The lowest BCUT2D eigenvalue weighted by Crippen LogP contribution is -2.16. The van der Waals surface area contributed by atoms with Crippen molar-refractivity contribution >= 4 is 12.3 Å². The van der Waals surface area contributed by atoms with Crippen LogP contribution in [0.2, 0.25) is 0 Å². The highest BCUT2D eigenvalue weighted by molar-refractivity contribution is 5.75. The van der Waals surface area contributed by atoms with Crippen molar-refractivity contribution < 1.29 is 24.0 Å². The summed E-state index contributed by atoms with van der Waals surface area (Å²) in [7, 11) is 0. The number of aromatic nitrogens is 1. The first-order valence-electron chi connectivity index (χ1n) is 4.82. The minimum absolute atomic E-state index is 0.119. The number of ether oxygens (including phenoxy) is 1. The number of hydrogen-bond acceptors (Lipinski definition) is 5. The van der Waals surface area contributed by atoms with Gasteiger partial charge in [-0.1, -0.05) is 13.8 Å². The lowest BCUT2D eigenvalue weighted by Gasteiger charge is -2.11. The number of nitrogens with zero attached hydrogens (tertiary/aromatic N) is 1. The average molecular weight is 227 g/mol. The largest absolute Gasteiger partial charge is 0.481 e. The molecule has 0 spiro atoms. The van der Waals surface area contributed by atoms with Gasteiger partial charge >= 0.3 is 5.97 Å². The van der Waals surface area contributed by atoms with Crippen LogP contribution in [-0.4, -0.2) is 29.1 Å². The van der Waals surface area contributed by atoms with Crippen molar-refractivity contribution in [2.75, 3.05) is 6.61 Å². The summed E-state index contributed by atoms with van der Waals surface area (Å²) in [5.41, 5.74) is 0. The monoisotopic (exact) mass is 227 g/mol. The Hall–Kier alpha value is -1.85. The molecule has 16 heavy (non-hydrogen) atoms. The van der Waals surface area contributed by atoms with Gasteiger partial charge in [0.2, 0.25) is 0 Å². The zero-order valence-corrected chi connectivity index (χ0v) is 9.04. The van der Waals surface area contributed by atoms with Gasteiger partial charge in [0, 0.05) is 6.07 Å². The fourth-order valence-electron chi connectivity index (χ4n) is 1.34. The molecule has 1 aromatic heterocycles. The lowest BCUT2D eigenvalue weighted by atomic mass is 9.94. The van der Waals surface area contributed by atoms with Crippen molar-refractivity contribution in [3.8, 4) is 5.88 Å². The van der Waals surface area contributed by atoms with Gasteiger partial charge in [-0.2, -0.15) is 0 Å². The third-order valence-corrected chi connectivity index (χ3v) is 2.05. The van der Waals surface area contributed by atoms with Crippen LogP contribution in [0.5, 0.6) is 5.88 Å². The zero-order valence-electron chi connectivity index (χ0n) is 9.04. The predicted octanol–water partition coefficient (Wildman–Crippen LogP) is 1.08. The Bertz CT molecular complexity index is 371. The first kappa shape index (κ1) is 12.2. The van der Waals surface area contributed by atoms with Crippen LogP contribution >= 0.6 is 0 Å². The fourth-order valence-corrected chi connectivity index (χ4v) is 1.34. The molecule has 0 aliphatic carbocycles. The molecule has 0 bridgehead atoms. The molecule has 1 aromatic rings. The third kappa shape index (κ3) is 2.82. The molecular weight excluding hydrogens is 214 g/mol. The average Bonchev–Trinajstić information content (AvgIpc) is 2.62. The Balaban J connectivity index is 2.81. The minimum Gasteiger partial charge on any atom is -0.481 e. The van der Waals surface area contributed by atoms with E-state index in [1.54, 1.807) is 13.8 Å². The summed E-state index contributed by atoms with van der Waals surface area (Å²) in [5, 5.41) is 12.5. The molecule has 6 nitrogen and oxygen atoms in total. The summed E-state index contributed by atoms with van der Waals surface area (Å²) < 4.78 is 9.75. The van der Waals surface area contributed by atoms with E-state index >= 15 is 0 Å². The maximum atomic E-state index is 11.0. The number of carboxylic acids is 1. The van der Waals surface area contributed by atoms with Crippen molar-refractivity contribution in [3.63, 3.8) is 0 Å². The topological polar surface area (TPSA) is 89.6 Å². The van der Waals surface area contributed by atoms with Crippen molar-refractivity contribution in [3.05, 3.63) is 11.8 Å². The van der Waals surface area contributed by atoms with Gasteiger partial charge in [0.1, 0.15) is 12.5 Å². The minimum atomic E-state index is -0.979. The lowest BCUT2D eigenvalue weighted by molar-refractivity contribution is -0.140. The summed E-state index contributed by atoms with van der Waals surface area (Å²) in [6.07, 6.45) is 0.575. The highest BCUT2D eigenvalue weighted by Gasteiger charge is 2.28. The van der Waals surface area contributed by atoms with Gasteiger partial charge in [-0.05, 0) is 11.1 Å². The van der Waals surface area contributed by atoms with Gasteiger partial charge in [-0.15, -0.1) is 0 Å². The predicted molar refractivity (Wildman–Crippen MR) is 53.3 cm³/mol. The number of carboxylic acid groups (broad SMARTS) is 1. The number of aliphatic carboxylic acids is 1. The summed E-state index contributed by atoms with van der Waals surface area (Å²) >= 11 is 0. The standard InChI is InChI=1S/C10H13NO5/c1-6(2)9(10(13)14)7-5-8(11-16-7)15-4-3-12/h3,5-6,9H,4H2,1-2H3,(H,13,14). The molecule has 0 aliphatic rings. The molecule has 0 aromatic carbocycles. The van der Waals surface area contributed by atoms with Gasteiger partial charge in [0.15, 0.2) is 12.0 Å². The maximum absolute atomic E-state index is 11.0. The van der Waals surface area contributed by atoms with Crippen molar-refractivity contribution in [1.29, 1.82) is 0 Å². The smallest absolute Gasteiger partial charge is 0.314 e. The number of hydrogen-bond donors (Lipinski definition) is 1. The van der Waals surface area contributed by atoms with E-state index in [1.807, 2.05) is 0 Å². The van der Waals surface area contributed by atoms with E-state index in [0.717, 1.165) is 0 Å². The highest BCUT2D eigenvalue weighted by atomic mass is 16.5. The number of carbonyl (C=O) groups excluding carboxylic acids is 1. The molecule has 0 saturated carbocycles. The zero-order chi connectivity index (χ0) is 12.1. The molecule has 1 heterocycles.